The Hall–Kier alpha value is -1.73. The molecular formula is C10H16N4O3. The molecule has 7 nitrogen and oxygen atoms in total. The number of rotatable bonds is 7. The van der Waals surface area contributed by atoms with Crippen LogP contribution in [0.5, 0.6) is 0 Å². The molecule has 0 aliphatic carbocycles. The lowest BCUT2D eigenvalue weighted by atomic mass is 10.3. The topological polar surface area (TPSA) is 100 Å². The first-order valence-electron chi connectivity index (χ1n) is 5.33. The summed E-state index contributed by atoms with van der Waals surface area (Å²) in [5.74, 6) is -0.178. The average molecular weight is 240 g/mol. The summed E-state index contributed by atoms with van der Waals surface area (Å²) in [7, 11) is 0. The van der Waals surface area contributed by atoms with Crippen molar-refractivity contribution >= 4 is 11.5 Å². The molecule has 0 aliphatic rings. The number of pyridine rings is 1. The van der Waals surface area contributed by atoms with E-state index in [1.165, 1.54) is 6.20 Å². The van der Waals surface area contributed by atoms with E-state index >= 15 is 0 Å². The van der Waals surface area contributed by atoms with Gasteiger partial charge < -0.3 is 25.9 Å². The van der Waals surface area contributed by atoms with Gasteiger partial charge in [0.1, 0.15) is 11.9 Å². The first-order valence-corrected chi connectivity index (χ1v) is 5.33. The molecule has 0 radical (unpaired) electrons. The zero-order valence-corrected chi connectivity index (χ0v) is 9.59. The number of hydrogen-bond acceptors (Lipinski definition) is 6. The van der Waals surface area contributed by atoms with Crippen molar-refractivity contribution in [3.05, 3.63) is 28.4 Å². The van der Waals surface area contributed by atoms with E-state index in [0.717, 1.165) is 0 Å². The third-order valence-electron chi connectivity index (χ3n) is 2.02. The first kappa shape index (κ1) is 13.3. The van der Waals surface area contributed by atoms with Crippen molar-refractivity contribution in [2.75, 3.05) is 25.0 Å². The van der Waals surface area contributed by atoms with E-state index in [4.69, 9.17) is 5.11 Å². The third-order valence-corrected chi connectivity index (χ3v) is 2.02. The van der Waals surface area contributed by atoms with Gasteiger partial charge in [-0.3, -0.25) is 0 Å². The van der Waals surface area contributed by atoms with E-state index < -0.39 is 11.0 Å². The molecule has 1 unspecified atom stereocenters. The summed E-state index contributed by atoms with van der Waals surface area (Å²) in [5.41, 5.74) is 0.399. The molecule has 0 amide bonds. The van der Waals surface area contributed by atoms with E-state index in [2.05, 4.69) is 15.6 Å². The quantitative estimate of drug-likeness (QED) is 0.362. The average Bonchev–Trinajstić information content (AvgIpc) is 2.28. The number of nitrogens with one attached hydrogen (secondary N) is 2. The van der Waals surface area contributed by atoms with Crippen molar-refractivity contribution in [2.45, 2.75) is 13.0 Å². The summed E-state index contributed by atoms with van der Waals surface area (Å²) in [4.78, 5) is 13.8. The van der Waals surface area contributed by atoms with E-state index in [1.54, 1.807) is 19.1 Å². The van der Waals surface area contributed by atoms with Crippen molar-refractivity contribution in [2.24, 2.45) is 0 Å². The van der Waals surface area contributed by atoms with Gasteiger partial charge in [-0.1, -0.05) is 0 Å². The van der Waals surface area contributed by atoms with Crippen molar-refractivity contribution < 1.29 is 10.0 Å². The van der Waals surface area contributed by atoms with Crippen molar-refractivity contribution in [3.63, 3.8) is 0 Å². The van der Waals surface area contributed by atoms with Crippen molar-refractivity contribution in [1.82, 2.24) is 10.3 Å². The predicted molar refractivity (Wildman–Crippen MR) is 63.9 cm³/mol. The molecular weight excluding hydrogens is 224 g/mol. The monoisotopic (exact) mass is 240 g/mol. The second-order valence-corrected chi connectivity index (χ2v) is 3.61. The maximum Gasteiger partial charge on any atom is 0.386 e. The van der Waals surface area contributed by atoms with Crippen LogP contribution in [0.2, 0.25) is 0 Å². The highest BCUT2D eigenvalue weighted by molar-refractivity contribution is 5.56. The SMILES string of the molecule is CC(O)CNCCNc1cccnc1[N+](=O)[O-]. The van der Waals surface area contributed by atoms with E-state index in [9.17, 15) is 10.1 Å². The fourth-order valence-electron chi connectivity index (χ4n) is 1.28. The Morgan fingerprint density at radius 3 is 3.00 bits per heavy atom. The van der Waals surface area contributed by atoms with Gasteiger partial charge in [-0.05, 0) is 29.0 Å². The minimum atomic E-state index is -0.522. The Kier molecular flexibility index (Phi) is 5.31. The van der Waals surface area contributed by atoms with Gasteiger partial charge in [-0.25, -0.2) is 0 Å². The van der Waals surface area contributed by atoms with Gasteiger partial charge in [-0.15, -0.1) is 0 Å². The van der Waals surface area contributed by atoms with Gasteiger partial charge in [0.2, 0.25) is 0 Å². The summed E-state index contributed by atoms with van der Waals surface area (Å²) in [5, 5.41) is 25.6. The predicted octanol–water partition coefficient (Wildman–Crippen LogP) is 0.372. The maximum atomic E-state index is 10.7. The molecule has 3 N–H and O–H groups in total. The molecule has 0 aliphatic heterocycles. The zero-order chi connectivity index (χ0) is 12.7. The van der Waals surface area contributed by atoms with Crippen LogP contribution < -0.4 is 10.6 Å². The standard InChI is InChI=1S/C10H16N4O3/c1-8(15)7-11-5-6-12-9-3-2-4-13-10(9)14(16)17/h2-4,8,11-12,15H,5-7H2,1H3. The second kappa shape index (κ2) is 6.77. The summed E-state index contributed by atoms with van der Waals surface area (Å²) < 4.78 is 0. The third kappa shape index (κ3) is 4.75. The van der Waals surface area contributed by atoms with Gasteiger partial charge >= 0.3 is 5.82 Å². The van der Waals surface area contributed by atoms with Crippen molar-refractivity contribution in [3.8, 4) is 0 Å². The fraction of sp³-hybridized carbons (Fsp3) is 0.500. The molecule has 1 aromatic rings. The van der Waals surface area contributed by atoms with E-state index in [0.29, 0.717) is 25.3 Å². The van der Waals surface area contributed by atoms with Crippen LogP contribution in [0.3, 0.4) is 0 Å². The van der Waals surface area contributed by atoms with Crippen LogP contribution in [0.15, 0.2) is 18.3 Å². The molecule has 1 heterocycles. The Labute approximate surface area is 99.0 Å². The lowest BCUT2D eigenvalue weighted by Gasteiger charge is -2.08. The maximum absolute atomic E-state index is 10.7. The summed E-state index contributed by atoms with van der Waals surface area (Å²) in [6.45, 7) is 3.32. The molecule has 0 saturated heterocycles. The molecule has 0 saturated carbocycles. The van der Waals surface area contributed by atoms with Gasteiger partial charge in [0, 0.05) is 19.6 Å². The molecule has 7 heteroatoms. The number of aromatic nitrogens is 1. The minimum Gasteiger partial charge on any atom is -0.392 e. The number of nitrogens with zero attached hydrogens (tertiary/aromatic N) is 2. The van der Waals surface area contributed by atoms with Gasteiger partial charge in [-0.2, -0.15) is 0 Å². The van der Waals surface area contributed by atoms with Gasteiger partial charge in [0.05, 0.1) is 6.10 Å². The molecule has 1 atom stereocenters. The van der Waals surface area contributed by atoms with Crippen LogP contribution in [0.1, 0.15) is 6.92 Å². The van der Waals surface area contributed by atoms with Crippen LogP contribution in [-0.4, -0.2) is 40.8 Å². The Bertz CT molecular complexity index is 370. The lowest BCUT2D eigenvalue weighted by Crippen LogP contribution is -2.29. The zero-order valence-electron chi connectivity index (χ0n) is 9.59. The molecule has 1 aromatic heterocycles. The largest absolute Gasteiger partial charge is 0.392 e. The lowest BCUT2D eigenvalue weighted by molar-refractivity contribution is -0.388. The number of aliphatic hydroxyl groups excluding tert-OH is 1. The number of nitro groups is 1. The first-order chi connectivity index (χ1) is 8.11. The minimum absolute atomic E-state index is 0.178. The highest BCUT2D eigenvalue weighted by atomic mass is 16.6. The van der Waals surface area contributed by atoms with Gasteiger partial charge in [0.15, 0.2) is 0 Å². The Morgan fingerprint density at radius 1 is 1.59 bits per heavy atom. The Balaban J connectivity index is 2.39. The van der Waals surface area contributed by atoms with Gasteiger partial charge in [0.25, 0.3) is 0 Å². The highest BCUT2D eigenvalue weighted by Crippen LogP contribution is 2.19. The van der Waals surface area contributed by atoms with Crippen LogP contribution >= 0.6 is 0 Å². The normalized spacial score (nSPS) is 12.1. The molecule has 17 heavy (non-hydrogen) atoms. The summed E-state index contributed by atoms with van der Waals surface area (Å²) in [6.07, 6.45) is 0.984. The van der Waals surface area contributed by atoms with Crippen LogP contribution in [-0.2, 0) is 0 Å². The number of aliphatic hydroxyl groups is 1. The van der Waals surface area contributed by atoms with E-state index in [1.807, 2.05) is 0 Å². The summed E-state index contributed by atoms with van der Waals surface area (Å²) in [6, 6.07) is 3.25. The second-order valence-electron chi connectivity index (χ2n) is 3.61. The number of hydrogen-bond donors (Lipinski definition) is 3. The molecule has 94 valence electrons. The molecule has 1 rings (SSSR count). The molecule has 0 aromatic carbocycles. The van der Waals surface area contributed by atoms with Crippen LogP contribution in [0.25, 0.3) is 0 Å². The fourth-order valence-corrected chi connectivity index (χ4v) is 1.28. The molecule has 0 fully saturated rings. The van der Waals surface area contributed by atoms with Crippen LogP contribution in [0.4, 0.5) is 11.5 Å². The molecule has 0 spiro atoms. The van der Waals surface area contributed by atoms with E-state index in [-0.39, 0.29) is 5.82 Å². The smallest absolute Gasteiger partial charge is 0.386 e. The van der Waals surface area contributed by atoms with Crippen LogP contribution in [0, 0.1) is 10.1 Å². The number of anilines is 1. The molecule has 0 bridgehead atoms. The highest BCUT2D eigenvalue weighted by Gasteiger charge is 2.12. The Morgan fingerprint density at radius 2 is 2.35 bits per heavy atom. The summed E-state index contributed by atoms with van der Waals surface area (Å²) >= 11 is 0. The van der Waals surface area contributed by atoms with Crippen molar-refractivity contribution in [1.29, 1.82) is 0 Å².